The maximum Gasteiger partial charge on any atom is 0.254 e. The molecule has 5 nitrogen and oxygen atoms in total. The van der Waals surface area contributed by atoms with Crippen LogP contribution in [0, 0.1) is 0 Å². The first-order valence-electron chi connectivity index (χ1n) is 7.58. The van der Waals surface area contributed by atoms with E-state index in [1.165, 1.54) is 0 Å². The van der Waals surface area contributed by atoms with Gasteiger partial charge >= 0.3 is 0 Å². The molecule has 116 valence electrons. The maximum atomic E-state index is 12.2. The summed E-state index contributed by atoms with van der Waals surface area (Å²) in [5, 5.41) is 2.96. The summed E-state index contributed by atoms with van der Waals surface area (Å²) >= 11 is 0. The van der Waals surface area contributed by atoms with E-state index in [0.29, 0.717) is 11.5 Å². The third kappa shape index (κ3) is 3.81. The van der Waals surface area contributed by atoms with Crippen molar-refractivity contribution in [2.24, 2.45) is 0 Å². The maximum absolute atomic E-state index is 12.2. The standard InChI is InChI=1S/C17H22N4O/c1-4-21(5-2)17-18-11-15(12-19-17)16(22)20-13(3)14-9-7-6-8-10-14/h6-13H,4-5H2,1-3H3,(H,20,22). The van der Waals surface area contributed by atoms with Crippen molar-refractivity contribution >= 4 is 11.9 Å². The number of nitrogens with one attached hydrogen (secondary N) is 1. The van der Waals surface area contributed by atoms with Crippen LogP contribution in [0.1, 0.15) is 42.7 Å². The van der Waals surface area contributed by atoms with Crippen molar-refractivity contribution in [3.05, 3.63) is 53.9 Å². The molecule has 1 atom stereocenters. The fourth-order valence-corrected chi connectivity index (χ4v) is 2.21. The second-order valence-corrected chi connectivity index (χ2v) is 5.05. The van der Waals surface area contributed by atoms with Crippen LogP contribution in [0.5, 0.6) is 0 Å². The third-order valence-corrected chi connectivity index (χ3v) is 3.59. The molecule has 1 amide bonds. The lowest BCUT2D eigenvalue weighted by Gasteiger charge is -2.18. The van der Waals surface area contributed by atoms with Gasteiger partial charge in [-0.05, 0) is 26.3 Å². The van der Waals surface area contributed by atoms with E-state index in [1.807, 2.05) is 42.2 Å². The van der Waals surface area contributed by atoms with Gasteiger partial charge in [0, 0.05) is 25.5 Å². The largest absolute Gasteiger partial charge is 0.345 e. The molecule has 1 aromatic carbocycles. The molecule has 0 aliphatic rings. The number of aromatic nitrogens is 2. The van der Waals surface area contributed by atoms with Crippen LogP contribution in [0.25, 0.3) is 0 Å². The zero-order valence-electron chi connectivity index (χ0n) is 13.3. The number of carbonyl (C=O) groups is 1. The second kappa shape index (κ2) is 7.54. The molecule has 2 rings (SSSR count). The molecule has 22 heavy (non-hydrogen) atoms. The third-order valence-electron chi connectivity index (χ3n) is 3.59. The van der Waals surface area contributed by atoms with Crippen LogP contribution in [-0.2, 0) is 0 Å². The first-order chi connectivity index (χ1) is 10.7. The SMILES string of the molecule is CCN(CC)c1ncc(C(=O)NC(C)c2ccccc2)cn1. The Hall–Kier alpha value is -2.43. The molecule has 1 unspecified atom stereocenters. The number of rotatable bonds is 6. The highest BCUT2D eigenvalue weighted by Gasteiger charge is 2.13. The van der Waals surface area contributed by atoms with Gasteiger partial charge < -0.3 is 10.2 Å². The number of benzene rings is 1. The number of anilines is 1. The van der Waals surface area contributed by atoms with E-state index in [-0.39, 0.29) is 11.9 Å². The predicted octanol–water partition coefficient (Wildman–Crippen LogP) is 2.81. The van der Waals surface area contributed by atoms with Crippen LogP contribution in [0.4, 0.5) is 5.95 Å². The number of hydrogen-bond acceptors (Lipinski definition) is 4. The highest BCUT2D eigenvalue weighted by atomic mass is 16.1. The normalized spacial score (nSPS) is 11.8. The Kier molecular flexibility index (Phi) is 5.47. The first-order valence-corrected chi connectivity index (χ1v) is 7.58. The second-order valence-electron chi connectivity index (χ2n) is 5.05. The average Bonchev–Trinajstić information content (AvgIpc) is 2.57. The van der Waals surface area contributed by atoms with E-state index in [9.17, 15) is 4.79 Å². The van der Waals surface area contributed by atoms with E-state index in [1.54, 1.807) is 12.4 Å². The van der Waals surface area contributed by atoms with Gasteiger partial charge in [-0.2, -0.15) is 0 Å². The van der Waals surface area contributed by atoms with Gasteiger partial charge in [0.2, 0.25) is 5.95 Å². The molecule has 1 aromatic heterocycles. The van der Waals surface area contributed by atoms with Gasteiger partial charge in [-0.1, -0.05) is 30.3 Å². The van der Waals surface area contributed by atoms with Crippen LogP contribution in [-0.4, -0.2) is 29.0 Å². The minimum atomic E-state index is -0.164. The molecule has 0 aliphatic carbocycles. The van der Waals surface area contributed by atoms with Gasteiger partial charge in [0.05, 0.1) is 11.6 Å². The molecule has 1 N–H and O–H groups in total. The van der Waals surface area contributed by atoms with Crippen LogP contribution in [0.2, 0.25) is 0 Å². The molecule has 0 radical (unpaired) electrons. The zero-order valence-corrected chi connectivity index (χ0v) is 13.3. The van der Waals surface area contributed by atoms with Crippen LogP contribution >= 0.6 is 0 Å². The summed E-state index contributed by atoms with van der Waals surface area (Å²) in [7, 11) is 0. The summed E-state index contributed by atoms with van der Waals surface area (Å²) in [4.78, 5) is 22.8. The molecular formula is C17H22N4O. The van der Waals surface area contributed by atoms with Crippen molar-refractivity contribution in [1.29, 1.82) is 0 Å². The summed E-state index contributed by atoms with van der Waals surface area (Å²) in [6, 6.07) is 9.80. The Morgan fingerprint density at radius 2 is 1.73 bits per heavy atom. The van der Waals surface area contributed by atoms with Gasteiger partial charge in [0.25, 0.3) is 5.91 Å². The topological polar surface area (TPSA) is 58.1 Å². The van der Waals surface area contributed by atoms with Crippen LogP contribution in [0.3, 0.4) is 0 Å². The van der Waals surface area contributed by atoms with Gasteiger partial charge in [-0.25, -0.2) is 9.97 Å². The van der Waals surface area contributed by atoms with Gasteiger partial charge in [-0.3, -0.25) is 4.79 Å². The van der Waals surface area contributed by atoms with Gasteiger partial charge in [0.15, 0.2) is 0 Å². The molecule has 0 fully saturated rings. The van der Waals surface area contributed by atoms with Crippen LogP contribution < -0.4 is 10.2 Å². The van der Waals surface area contributed by atoms with E-state index in [2.05, 4.69) is 29.1 Å². The molecule has 0 saturated carbocycles. The monoisotopic (exact) mass is 298 g/mol. The predicted molar refractivity (Wildman–Crippen MR) is 87.9 cm³/mol. The lowest BCUT2D eigenvalue weighted by atomic mass is 10.1. The summed E-state index contributed by atoms with van der Waals surface area (Å²) in [5.74, 6) is 0.486. The van der Waals surface area contributed by atoms with Crippen molar-refractivity contribution < 1.29 is 4.79 Å². The molecular weight excluding hydrogens is 276 g/mol. The molecule has 0 spiro atoms. The number of hydrogen-bond donors (Lipinski definition) is 1. The molecule has 1 heterocycles. The quantitative estimate of drug-likeness (QED) is 0.891. The molecule has 5 heteroatoms. The lowest BCUT2D eigenvalue weighted by Crippen LogP contribution is -2.28. The summed E-state index contributed by atoms with van der Waals surface area (Å²) in [6.07, 6.45) is 3.15. The number of carbonyl (C=O) groups excluding carboxylic acids is 1. The minimum Gasteiger partial charge on any atom is -0.345 e. The smallest absolute Gasteiger partial charge is 0.254 e. The Labute approximate surface area is 131 Å². The average molecular weight is 298 g/mol. The number of amides is 1. The van der Waals surface area contributed by atoms with E-state index in [0.717, 1.165) is 18.7 Å². The number of nitrogens with zero attached hydrogens (tertiary/aromatic N) is 3. The fraction of sp³-hybridized carbons (Fsp3) is 0.353. The van der Waals surface area contributed by atoms with Crippen LogP contribution in [0.15, 0.2) is 42.7 Å². The zero-order chi connectivity index (χ0) is 15.9. The minimum absolute atomic E-state index is 0.0591. The van der Waals surface area contributed by atoms with Crippen molar-refractivity contribution in [1.82, 2.24) is 15.3 Å². The fourth-order valence-electron chi connectivity index (χ4n) is 2.21. The first kappa shape index (κ1) is 15.9. The Morgan fingerprint density at radius 3 is 2.27 bits per heavy atom. The molecule has 0 bridgehead atoms. The van der Waals surface area contributed by atoms with E-state index >= 15 is 0 Å². The van der Waals surface area contributed by atoms with Crippen molar-refractivity contribution in [3.8, 4) is 0 Å². The Morgan fingerprint density at radius 1 is 1.14 bits per heavy atom. The van der Waals surface area contributed by atoms with Crippen molar-refractivity contribution in [2.75, 3.05) is 18.0 Å². The van der Waals surface area contributed by atoms with Crippen molar-refractivity contribution in [3.63, 3.8) is 0 Å². The Bertz CT molecular complexity index is 594. The highest BCUT2D eigenvalue weighted by Crippen LogP contribution is 2.12. The highest BCUT2D eigenvalue weighted by molar-refractivity contribution is 5.93. The summed E-state index contributed by atoms with van der Waals surface area (Å²) in [6.45, 7) is 7.74. The van der Waals surface area contributed by atoms with Crippen molar-refractivity contribution in [2.45, 2.75) is 26.8 Å². The van der Waals surface area contributed by atoms with Gasteiger partial charge in [0.1, 0.15) is 0 Å². The molecule has 0 saturated heterocycles. The van der Waals surface area contributed by atoms with E-state index < -0.39 is 0 Å². The van der Waals surface area contributed by atoms with Gasteiger partial charge in [-0.15, -0.1) is 0 Å². The van der Waals surface area contributed by atoms with E-state index in [4.69, 9.17) is 0 Å². The molecule has 0 aliphatic heterocycles. The lowest BCUT2D eigenvalue weighted by molar-refractivity contribution is 0.0939. The summed E-state index contributed by atoms with van der Waals surface area (Å²) in [5.41, 5.74) is 1.54. The summed E-state index contributed by atoms with van der Waals surface area (Å²) < 4.78 is 0. The Balaban J connectivity index is 2.04. The molecule has 2 aromatic rings.